The molecular formula is C21H16ClFN2O. The average molecular weight is 367 g/mol. The van der Waals surface area contributed by atoms with E-state index in [-0.39, 0.29) is 10.6 Å². The number of carbonyl (C=O) groups is 1. The summed E-state index contributed by atoms with van der Waals surface area (Å²) in [6, 6.07) is 18.0. The molecule has 0 bridgehead atoms. The first kappa shape index (κ1) is 16.6. The summed E-state index contributed by atoms with van der Waals surface area (Å²) in [5.41, 5.74) is 2.69. The quantitative estimate of drug-likeness (QED) is 0.484. The molecule has 0 radical (unpaired) electrons. The summed E-state index contributed by atoms with van der Waals surface area (Å²) < 4.78 is 16.2. The second-order valence-corrected chi connectivity index (χ2v) is 6.45. The number of rotatable bonds is 3. The zero-order valence-electron chi connectivity index (χ0n) is 14.1. The molecule has 1 aromatic heterocycles. The van der Waals surface area contributed by atoms with Gasteiger partial charge in [0, 0.05) is 34.0 Å². The lowest BCUT2D eigenvalue weighted by atomic mass is 10.1. The minimum absolute atomic E-state index is 0.0890. The number of benzene rings is 3. The molecule has 1 amide bonds. The molecule has 0 aliphatic rings. The summed E-state index contributed by atoms with van der Waals surface area (Å²) in [4.78, 5) is 12.5. The Morgan fingerprint density at radius 1 is 1.04 bits per heavy atom. The van der Waals surface area contributed by atoms with Gasteiger partial charge in [0.05, 0.1) is 10.6 Å². The van der Waals surface area contributed by atoms with Gasteiger partial charge in [0.2, 0.25) is 0 Å². The van der Waals surface area contributed by atoms with Crippen LogP contribution in [0.25, 0.3) is 21.8 Å². The van der Waals surface area contributed by atoms with Crippen LogP contribution < -0.4 is 5.32 Å². The Kier molecular flexibility index (Phi) is 4.13. The Bertz CT molecular complexity index is 1130. The smallest absolute Gasteiger partial charge is 0.260 e. The van der Waals surface area contributed by atoms with Crippen molar-refractivity contribution in [2.24, 2.45) is 0 Å². The minimum atomic E-state index is -0.640. The van der Waals surface area contributed by atoms with Crippen LogP contribution in [0.2, 0.25) is 5.02 Å². The van der Waals surface area contributed by atoms with Crippen molar-refractivity contribution in [1.82, 2.24) is 4.57 Å². The molecule has 0 fully saturated rings. The molecule has 5 heteroatoms. The zero-order valence-corrected chi connectivity index (χ0v) is 14.8. The van der Waals surface area contributed by atoms with Crippen LogP contribution >= 0.6 is 11.6 Å². The van der Waals surface area contributed by atoms with Crippen LogP contribution in [-0.4, -0.2) is 10.5 Å². The molecule has 1 heterocycles. The van der Waals surface area contributed by atoms with E-state index in [1.807, 2.05) is 30.3 Å². The van der Waals surface area contributed by atoms with E-state index in [9.17, 15) is 9.18 Å². The highest BCUT2D eigenvalue weighted by Gasteiger charge is 2.17. The fraction of sp³-hybridized carbons (Fsp3) is 0.0952. The number of aromatic nitrogens is 1. The summed E-state index contributed by atoms with van der Waals surface area (Å²) >= 11 is 5.98. The summed E-state index contributed by atoms with van der Waals surface area (Å²) in [5.74, 6) is -1.20. The molecule has 26 heavy (non-hydrogen) atoms. The Morgan fingerprint density at radius 3 is 2.58 bits per heavy atom. The minimum Gasteiger partial charge on any atom is -0.341 e. The van der Waals surface area contributed by atoms with E-state index in [0.29, 0.717) is 5.69 Å². The molecule has 0 aliphatic carbocycles. The molecule has 0 aliphatic heterocycles. The van der Waals surface area contributed by atoms with Crippen LogP contribution in [-0.2, 0) is 6.54 Å². The van der Waals surface area contributed by atoms with Crippen molar-refractivity contribution in [3.63, 3.8) is 0 Å². The van der Waals surface area contributed by atoms with Crippen molar-refractivity contribution in [2.75, 3.05) is 5.32 Å². The van der Waals surface area contributed by atoms with Gasteiger partial charge in [0.25, 0.3) is 5.91 Å². The van der Waals surface area contributed by atoms with Crippen molar-refractivity contribution >= 4 is 45.0 Å². The molecule has 3 aromatic carbocycles. The molecular weight excluding hydrogens is 351 g/mol. The number of para-hydroxylation sites is 1. The van der Waals surface area contributed by atoms with Crippen LogP contribution in [0.1, 0.15) is 17.3 Å². The van der Waals surface area contributed by atoms with Gasteiger partial charge in [-0.3, -0.25) is 4.79 Å². The number of nitrogens with one attached hydrogen (secondary N) is 1. The van der Waals surface area contributed by atoms with E-state index in [1.165, 1.54) is 18.2 Å². The monoisotopic (exact) mass is 366 g/mol. The standard InChI is InChI=1S/C21H16ClFN2O/c1-2-25-18-9-4-3-6-14(18)15-12-13(10-11-19(15)25)24-21(26)20-16(22)7-5-8-17(20)23/h3-12H,2H2,1H3,(H,24,26). The summed E-state index contributed by atoms with van der Waals surface area (Å²) in [7, 11) is 0. The van der Waals surface area contributed by atoms with Gasteiger partial charge in [0.15, 0.2) is 0 Å². The Balaban J connectivity index is 1.79. The second-order valence-electron chi connectivity index (χ2n) is 6.04. The first-order valence-corrected chi connectivity index (χ1v) is 8.74. The molecule has 0 saturated carbocycles. The number of halogens is 2. The van der Waals surface area contributed by atoms with Crippen LogP contribution in [0.4, 0.5) is 10.1 Å². The third kappa shape index (κ3) is 2.63. The van der Waals surface area contributed by atoms with Crippen molar-refractivity contribution in [1.29, 1.82) is 0 Å². The van der Waals surface area contributed by atoms with Gasteiger partial charge in [-0.2, -0.15) is 0 Å². The predicted molar refractivity (Wildman–Crippen MR) is 104 cm³/mol. The van der Waals surface area contributed by atoms with Crippen LogP contribution in [0, 0.1) is 5.82 Å². The van der Waals surface area contributed by atoms with Crippen LogP contribution in [0.5, 0.6) is 0 Å². The number of amides is 1. The second kappa shape index (κ2) is 6.46. The molecule has 3 nitrogen and oxygen atoms in total. The molecule has 1 N–H and O–H groups in total. The molecule has 4 aromatic rings. The normalized spacial score (nSPS) is 11.2. The largest absolute Gasteiger partial charge is 0.341 e. The van der Waals surface area contributed by atoms with Crippen molar-refractivity contribution < 1.29 is 9.18 Å². The van der Waals surface area contributed by atoms with Crippen LogP contribution in [0.15, 0.2) is 60.7 Å². The highest BCUT2D eigenvalue weighted by Crippen LogP contribution is 2.31. The SMILES string of the molecule is CCn1c2ccccc2c2cc(NC(=O)c3c(F)cccc3Cl)ccc21. The van der Waals surface area contributed by atoms with Gasteiger partial charge in [-0.05, 0) is 43.3 Å². The van der Waals surface area contributed by atoms with Gasteiger partial charge < -0.3 is 9.88 Å². The van der Waals surface area contributed by atoms with Gasteiger partial charge in [-0.1, -0.05) is 35.9 Å². The number of carbonyl (C=O) groups excluding carboxylic acids is 1. The lowest BCUT2D eigenvalue weighted by Crippen LogP contribution is -2.14. The maximum absolute atomic E-state index is 14.0. The Labute approximate surface area is 155 Å². The van der Waals surface area contributed by atoms with Gasteiger partial charge in [-0.15, -0.1) is 0 Å². The summed E-state index contributed by atoms with van der Waals surface area (Å²) in [6.45, 7) is 2.95. The van der Waals surface area contributed by atoms with Crippen LogP contribution in [0.3, 0.4) is 0 Å². The molecule has 130 valence electrons. The van der Waals surface area contributed by atoms with E-state index in [1.54, 1.807) is 0 Å². The van der Waals surface area contributed by atoms with Crippen molar-refractivity contribution in [3.05, 3.63) is 77.1 Å². The predicted octanol–water partition coefficient (Wildman–Crippen LogP) is 5.86. The maximum atomic E-state index is 14.0. The van der Waals surface area contributed by atoms with E-state index in [0.717, 1.165) is 28.4 Å². The lowest BCUT2D eigenvalue weighted by molar-refractivity contribution is 0.102. The highest BCUT2D eigenvalue weighted by atomic mass is 35.5. The first-order valence-electron chi connectivity index (χ1n) is 8.36. The van der Waals surface area contributed by atoms with Gasteiger partial charge >= 0.3 is 0 Å². The Morgan fingerprint density at radius 2 is 1.81 bits per heavy atom. The molecule has 4 rings (SSSR count). The highest BCUT2D eigenvalue weighted by molar-refractivity contribution is 6.34. The van der Waals surface area contributed by atoms with E-state index < -0.39 is 11.7 Å². The number of nitrogens with zero attached hydrogens (tertiary/aromatic N) is 1. The number of aryl methyl sites for hydroxylation is 1. The molecule has 0 atom stereocenters. The number of hydrogen-bond acceptors (Lipinski definition) is 1. The topological polar surface area (TPSA) is 34.0 Å². The summed E-state index contributed by atoms with van der Waals surface area (Å²) in [5, 5.41) is 5.00. The number of fused-ring (bicyclic) bond motifs is 3. The maximum Gasteiger partial charge on any atom is 0.260 e. The molecule has 0 saturated heterocycles. The van der Waals surface area contributed by atoms with E-state index in [4.69, 9.17) is 11.6 Å². The van der Waals surface area contributed by atoms with Crippen molar-refractivity contribution in [2.45, 2.75) is 13.5 Å². The van der Waals surface area contributed by atoms with E-state index >= 15 is 0 Å². The molecule has 0 spiro atoms. The first-order chi connectivity index (χ1) is 12.6. The van der Waals surface area contributed by atoms with Gasteiger partial charge in [-0.25, -0.2) is 4.39 Å². The van der Waals surface area contributed by atoms with E-state index in [2.05, 4.69) is 28.9 Å². The fourth-order valence-corrected chi connectivity index (χ4v) is 3.63. The number of hydrogen-bond donors (Lipinski definition) is 1. The lowest BCUT2D eigenvalue weighted by Gasteiger charge is -2.08. The third-order valence-electron chi connectivity index (χ3n) is 4.54. The fourth-order valence-electron chi connectivity index (χ4n) is 3.38. The average Bonchev–Trinajstić information content (AvgIpc) is 2.95. The summed E-state index contributed by atoms with van der Waals surface area (Å²) in [6.07, 6.45) is 0. The van der Waals surface area contributed by atoms with Crippen molar-refractivity contribution in [3.8, 4) is 0 Å². The third-order valence-corrected chi connectivity index (χ3v) is 4.85. The zero-order chi connectivity index (χ0) is 18.3. The molecule has 0 unspecified atom stereocenters. The Hall–Kier alpha value is -2.85. The number of anilines is 1. The van der Waals surface area contributed by atoms with Gasteiger partial charge in [0.1, 0.15) is 5.82 Å².